The molecule has 2 N–H and O–H groups in total. The van der Waals surface area contributed by atoms with Crippen molar-refractivity contribution in [3.63, 3.8) is 0 Å². The van der Waals surface area contributed by atoms with E-state index in [-0.39, 0.29) is 18.6 Å². The van der Waals surface area contributed by atoms with Gasteiger partial charge < -0.3 is 15.0 Å². The van der Waals surface area contributed by atoms with E-state index in [0.29, 0.717) is 5.69 Å². The van der Waals surface area contributed by atoms with Crippen molar-refractivity contribution in [1.29, 1.82) is 0 Å². The quantitative estimate of drug-likeness (QED) is 0.709. The molecule has 0 bridgehead atoms. The number of nitrogens with one attached hydrogen (secondary N) is 2. The Balaban J connectivity index is 1.62. The third-order valence-corrected chi connectivity index (χ3v) is 3.82. The van der Waals surface area contributed by atoms with Crippen LogP contribution >= 0.6 is 0 Å². The van der Waals surface area contributed by atoms with Crippen molar-refractivity contribution in [2.45, 2.75) is 13.0 Å². The monoisotopic (exact) mass is 322 g/mol. The molecule has 24 heavy (non-hydrogen) atoms. The van der Waals surface area contributed by atoms with Gasteiger partial charge in [-0.3, -0.25) is 4.79 Å². The number of amides is 1. The van der Waals surface area contributed by atoms with Crippen LogP contribution in [-0.4, -0.2) is 23.5 Å². The Morgan fingerprint density at radius 3 is 2.67 bits per heavy atom. The summed E-state index contributed by atoms with van der Waals surface area (Å²) in [6, 6.07) is 17.1. The Bertz CT molecular complexity index is 851. The summed E-state index contributed by atoms with van der Waals surface area (Å²) in [6.07, 6.45) is 1.62. The second-order valence-electron chi connectivity index (χ2n) is 5.52. The van der Waals surface area contributed by atoms with Gasteiger partial charge in [0, 0.05) is 6.20 Å². The van der Waals surface area contributed by atoms with Crippen LogP contribution in [0.5, 0.6) is 0 Å². The zero-order chi connectivity index (χ0) is 16.9. The molecule has 5 nitrogen and oxygen atoms in total. The molecule has 0 aliphatic heterocycles. The number of esters is 1. The van der Waals surface area contributed by atoms with E-state index in [1.54, 1.807) is 18.3 Å². The van der Waals surface area contributed by atoms with E-state index in [1.165, 1.54) is 0 Å². The first-order chi connectivity index (χ1) is 11.6. The number of hydrogen-bond acceptors (Lipinski definition) is 3. The van der Waals surface area contributed by atoms with Gasteiger partial charge in [-0.05, 0) is 35.4 Å². The maximum absolute atomic E-state index is 12.0. The second-order valence-corrected chi connectivity index (χ2v) is 5.52. The van der Waals surface area contributed by atoms with Crippen molar-refractivity contribution in [3.8, 4) is 0 Å². The largest absolute Gasteiger partial charge is 0.451 e. The van der Waals surface area contributed by atoms with Gasteiger partial charge in [0.1, 0.15) is 5.69 Å². The lowest BCUT2D eigenvalue weighted by atomic mass is 10.00. The number of benzene rings is 2. The molecule has 0 aliphatic carbocycles. The normalized spacial score (nSPS) is 11.9. The van der Waals surface area contributed by atoms with Gasteiger partial charge in [-0.25, -0.2) is 4.79 Å². The van der Waals surface area contributed by atoms with Gasteiger partial charge in [0.2, 0.25) is 0 Å². The van der Waals surface area contributed by atoms with E-state index >= 15 is 0 Å². The number of H-pyrrole nitrogens is 1. The van der Waals surface area contributed by atoms with Crippen molar-refractivity contribution in [2.75, 3.05) is 6.61 Å². The molecule has 1 aromatic heterocycles. The third kappa shape index (κ3) is 3.46. The predicted octanol–water partition coefficient (Wildman–Crippen LogP) is 3.20. The van der Waals surface area contributed by atoms with Crippen LogP contribution in [0.2, 0.25) is 0 Å². The molecule has 0 spiro atoms. The van der Waals surface area contributed by atoms with Crippen LogP contribution in [0.4, 0.5) is 0 Å². The molecule has 0 saturated carbocycles. The van der Waals surface area contributed by atoms with Gasteiger partial charge in [0.15, 0.2) is 6.61 Å². The summed E-state index contributed by atoms with van der Waals surface area (Å²) in [6.45, 7) is 1.60. The SMILES string of the molecule is C[C@H](NC(=O)COC(=O)c1ccc[nH]1)c1cccc2ccccc12. The number of carbonyl (C=O) groups excluding carboxylic acids is 2. The number of ether oxygens (including phenoxy) is 1. The molecule has 0 aliphatic rings. The fraction of sp³-hybridized carbons (Fsp3) is 0.158. The first-order valence-electron chi connectivity index (χ1n) is 7.72. The highest BCUT2D eigenvalue weighted by Crippen LogP contribution is 2.23. The summed E-state index contributed by atoms with van der Waals surface area (Å²) in [5.74, 6) is -0.886. The molecule has 1 atom stereocenters. The van der Waals surface area contributed by atoms with Gasteiger partial charge in [0.05, 0.1) is 6.04 Å². The summed E-state index contributed by atoms with van der Waals surface area (Å²) in [4.78, 5) is 26.5. The average Bonchev–Trinajstić information content (AvgIpc) is 3.14. The molecule has 0 fully saturated rings. The first kappa shape index (κ1) is 15.8. The van der Waals surface area contributed by atoms with Crippen LogP contribution in [0, 0.1) is 0 Å². The summed E-state index contributed by atoms with van der Waals surface area (Å²) < 4.78 is 4.99. The van der Waals surface area contributed by atoms with Crippen molar-refractivity contribution >= 4 is 22.6 Å². The minimum Gasteiger partial charge on any atom is -0.451 e. The summed E-state index contributed by atoms with van der Waals surface area (Å²) >= 11 is 0. The van der Waals surface area contributed by atoms with Gasteiger partial charge >= 0.3 is 5.97 Å². The maximum Gasteiger partial charge on any atom is 0.355 e. The van der Waals surface area contributed by atoms with Crippen LogP contribution in [-0.2, 0) is 9.53 Å². The van der Waals surface area contributed by atoms with Gasteiger partial charge in [-0.1, -0.05) is 42.5 Å². The highest BCUT2D eigenvalue weighted by Gasteiger charge is 2.14. The average molecular weight is 322 g/mol. The molecule has 3 aromatic rings. The molecule has 5 heteroatoms. The molecule has 122 valence electrons. The number of carbonyl (C=O) groups is 2. The summed E-state index contributed by atoms with van der Waals surface area (Å²) in [7, 11) is 0. The van der Waals surface area contributed by atoms with E-state index in [4.69, 9.17) is 4.74 Å². The predicted molar refractivity (Wildman–Crippen MR) is 91.6 cm³/mol. The van der Waals surface area contributed by atoms with Crippen LogP contribution in [0.3, 0.4) is 0 Å². The van der Waals surface area contributed by atoms with Crippen LogP contribution in [0.15, 0.2) is 60.8 Å². The molecule has 3 rings (SSSR count). The number of aromatic amines is 1. The van der Waals surface area contributed by atoms with Crippen LogP contribution < -0.4 is 5.32 Å². The van der Waals surface area contributed by atoms with E-state index in [1.807, 2.05) is 49.4 Å². The van der Waals surface area contributed by atoms with E-state index in [2.05, 4.69) is 10.3 Å². The van der Waals surface area contributed by atoms with Crippen LogP contribution in [0.25, 0.3) is 10.8 Å². The number of rotatable bonds is 5. The van der Waals surface area contributed by atoms with Crippen molar-refractivity contribution in [2.24, 2.45) is 0 Å². The molecule has 0 radical (unpaired) electrons. The highest BCUT2D eigenvalue weighted by atomic mass is 16.5. The van der Waals surface area contributed by atoms with Crippen LogP contribution in [0.1, 0.15) is 29.0 Å². The zero-order valence-electron chi connectivity index (χ0n) is 13.3. The summed E-state index contributed by atoms with van der Waals surface area (Å²) in [5.41, 5.74) is 1.35. The fourth-order valence-corrected chi connectivity index (χ4v) is 2.66. The van der Waals surface area contributed by atoms with E-state index in [9.17, 15) is 9.59 Å². The maximum atomic E-state index is 12.0. The van der Waals surface area contributed by atoms with E-state index < -0.39 is 5.97 Å². The Hall–Kier alpha value is -3.08. The smallest absolute Gasteiger partial charge is 0.355 e. The Morgan fingerprint density at radius 1 is 1.08 bits per heavy atom. The Kier molecular flexibility index (Phi) is 4.61. The van der Waals surface area contributed by atoms with Crippen molar-refractivity contribution in [3.05, 3.63) is 72.1 Å². The standard InChI is InChI=1S/C19H18N2O3/c1-13(15-9-4-7-14-6-2-3-8-16(14)15)21-18(22)12-24-19(23)17-10-5-11-20-17/h2-11,13,20H,12H2,1H3,(H,21,22)/t13-/m0/s1. The lowest BCUT2D eigenvalue weighted by Crippen LogP contribution is -2.31. The summed E-state index contributed by atoms with van der Waals surface area (Å²) in [5, 5.41) is 5.08. The molecule has 1 amide bonds. The highest BCUT2D eigenvalue weighted by molar-refractivity contribution is 5.90. The van der Waals surface area contributed by atoms with Gasteiger partial charge in [0.25, 0.3) is 5.91 Å². The number of fused-ring (bicyclic) bond motifs is 1. The lowest BCUT2D eigenvalue weighted by molar-refractivity contribution is -0.124. The molecule has 0 saturated heterocycles. The molecule has 2 aromatic carbocycles. The Morgan fingerprint density at radius 2 is 1.88 bits per heavy atom. The minimum atomic E-state index is -0.548. The third-order valence-electron chi connectivity index (χ3n) is 3.82. The molecular formula is C19H18N2O3. The zero-order valence-corrected chi connectivity index (χ0v) is 13.3. The fourth-order valence-electron chi connectivity index (χ4n) is 2.66. The number of hydrogen-bond donors (Lipinski definition) is 2. The lowest BCUT2D eigenvalue weighted by Gasteiger charge is -2.16. The number of aromatic nitrogens is 1. The van der Waals surface area contributed by atoms with E-state index in [0.717, 1.165) is 16.3 Å². The minimum absolute atomic E-state index is 0.187. The molecule has 1 heterocycles. The molecular weight excluding hydrogens is 304 g/mol. The van der Waals surface area contributed by atoms with Crippen molar-refractivity contribution in [1.82, 2.24) is 10.3 Å². The molecule has 0 unspecified atom stereocenters. The first-order valence-corrected chi connectivity index (χ1v) is 7.72. The topological polar surface area (TPSA) is 71.2 Å². The second kappa shape index (κ2) is 7.00. The van der Waals surface area contributed by atoms with Crippen molar-refractivity contribution < 1.29 is 14.3 Å². The Labute approximate surface area is 139 Å². The van der Waals surface area contributed by atoms with Gasteiger partial charge in [-0.2, -0.15) is 0 Å². The van der Waals surface area contributed by atoms with Gasteiger partial charge in [-0.15, -0.1) is 0 Å².